The second kappa shape index (κ2) is 7.26. The van der Waals surface area contributed by atoms with Gasteiger partial charge in [0.25, 0.3) is 0 Å². The summed E-state index contributed by atoms with van der Waals surface area (Å²) in [6, 6.07) is 5.86. The predicted octanol–water partition coefficient (Wildman–Crippen LogP) is 4.79. The van der Waals surface area contributed by atoms with Gasteiger partial charge in [-0.05, 0) is 37.0 Å². The lowest BCUT2D eigenvalue weighted by molar-refractivity contribution is -0.123. The molecule has 1 aromatic carbocycles. The summed E-state index contributed by atoms with van der Waals surface area (Å²) in [5, 5.41) is 0. The molecule has 1 fully saturated rings. The van der Waals surface area contributed by atoms with Gasteiger partial charge in [0.15, 0.2) is 0 Å². The van der Waals surface area contributed by atoms with Gasteiger partial charge in [0.1, 0.15) is 11.5 Å². The second-order valence-electron chi connectivity index (χ2n) is 5.74. The molecule has 0 spiro atoms. The van der Waals surface area contributed by atoms with Crippen molar-refractivity contribution in [3.8, 4) is 5.75 Å². The predicted molar refractivity (Wildman–Crippen MR) is 85.1 cm³/mol. The molecule has 3 heteroatoms. The van der Waals surface area contributed by atoms with E-state index in [-0.39, 0.29) is 5.92 Å². The summed E-state index contributed by atoms with van der Waals surface area (Å²) in [5.74, 6) is 2.17. The molecule has 0 saturated heterocycles. The summed E-state index contributed by atoms with van der Waals surface area (Å²) in [5.41, 5.74) is 0.991. The first kappa shape index (κ1) is 15.6. The SMILES string of the molecule is CCC1CCCC(C(=O)Cc2cc(Br)ccc2OC)C1. The fraction of sp³-hybridized carbons (Fsp3) is 0.588. The Balaban J connectivity index is 2.05. The number of carbonyl (C=O) groups excluding carboxylic acids is 1. The van der Waals surface area contributed by atoms with Crippen LogP contribution in [0.1, 0.15) is 44.6 Å². The smallest absolute Gasteiger partial charge is 0.140 e. The molecule has 2 rings (SSSR count). The largest absolute Gasteiger partial charge is 0.496 e. The van der Waals surface area contributed by atoms with Gasteiger partial charge in [-0.3, -0.25) is 4.79 Å². The van der Waals surface area contributed by atoms with E-state index in [1.54, 1.807) is 7.11 Å². The van der Waals surface area contributed by atoms with E-state index in [9.17, 15) is 4.79 Å². The van der Waals surface area contributed by atoms with Crippen LogP contribution in [-0.2, 0) is 11.2 Å². The Kier molecular flexibility index (Phi) is 5.64. The number of methoxy groups -OCH3 is 1. The normalized spacial score (nSPS) is 22.6. The van der Waals surface area contributed by atoms with Crippen LogP contribution >= 0.6 is 15.9 Å². The van der Waals surface area contributed by atoms with Crippen molar-refractivity contribution in [1.82, 2.24) is 0 Å². The number of Topliss-reactive ketones (excluding diaryl/α,β-unsaturated/α-hetero) is 1. The molecule has 0 amide bonds. The monoisotopic (exact) mass is 338 g/mol. The van der Waals surface area contributed by atoms with Crippen molar-refractivity contribution < 1.29 is 9.53 Å². The molecule has 1 aromatic rings. The van der Waals surface area contributed by atoms with Crippen LogP contribution in [0.2, 0.25) is 0 Å². The average Bonchev–Trinajstić information content (AvgIpc) is 2.47. The fourth-order valence-electron chi connectivity index (χ4n) is 3.17. The molecular weight excluding hydrogens is 316 g/mol. The molecule has 0 N–H and O–H groups in total. The van der Waals surface area contributed by atoms with Gasteiger partial charge in [-0.1, -0.05) is 42.1 Å². The van der Waals surface area contributed by atoms with E-state index in [0.717, 1.165) is 34.5 Å². The van der Waals surface area contributed by atoms with Crippen molar-refractivity contribution in [2.45, 2.75) is 45.4 Å². The minimum Gasteiger partial charge on any atom is -0.496 e. The zero-order valence-electron chi connectivity index (χ0n) is 12.3. The minimum atomic E-state index is 0.248. The van der Waals surface area contributed by atoms with Crippen LogP contribution in [0.5, 0.6) is 5.75 Å². The Labute approximate surface area is 130 Å². The lowest BCUT2D eigenvalue weighted by Crippen LogP contribution is -2.24. The molecule has 2 unspecified atom stereocenters. The van der Waals surface area contributed by atoms with Crippen molar-refractivity contribution in [3.05, 3.63) is 28.2 Å². The molecular formula is C17H23BrO2. The lowest BCUT2D eigenvalue weighted by Gasteiger charge is -2.27. The number of ketones is 1. The summed E-state index contributed by atoms with van der Waals surface area (Å²) < 4.78 is 6.35. The third-order valence-electron chi connectivity index (χ3n) is 4.42. The van der Waals surface area contributed by atoms with Crippen LogP contribution in [-0.4, -0.2) is 12.9 Å². The van der Waals surface area contributed by atoms with E-state index in [1.165, 1.54) is 19.3 Å². The summed E-state index contributed by atoms with van der Waals surface area (Å²) >= 11 is 3.47. The molecule has 20 heavy (non-hydrogen) atoms. The molecule has 2 atom stereocenters. The van der Waals surface area contributed by atoms with Gasteiger partial charge in [0.05, 0.1) is 7.11 Å². The van der Waals surface area contributed by atoms with Crippen LogP contribution in [0, 0.1) is 11.8 Å². The second-order valence-corrected chi connectivity index (χ2v) is 6.65. The number of hydrogen-bond acceptors (Lipinski definition) is 2. The van der Waals surface area contributed by atoms with Crippen molar-refractivity contribution in [2.75, 3.05) is 7.11 Å². The Hall–Kier alpha value is -0.830. The van der Waals surface area contributed by atoms with Crippen molar-refractivity contribution >= 4 is 21.7 Å². The molecule has 1 aliphatic rings. The Morgan fingerprint density at radius 2 is 2.20 bits per heavy atom. The molecule has 1 saturated carbocycles. The highest BCUT2D eigenvalue weighted by Crippen LogP contribution is 2.33. The molecule has 0 bridgehead atoms. The molecule has 1 aliphatic carbocycles. The first-order valence-corrected chi connectivity index (χ1v) is 8.28. The Morgan fingerprint density at radius 1 is 1.40 bits per heavy atom. The van der Waals surface area contributed by atoms with Crippen LogP contribution in [0.3, 0.4) is 0 Å². The number of halogens is 1. The summed E-state index contributed by atoms with van der Waals surface area (Å²) in [6.07, 6.45) is 6.32. The average molecular weight is 339 g/mol. The van der Waals surface area contributed by atoms with Gasteiger partial charge >= 0.3 is 0 Å². The number of carbonyl (C=O) groups is 1. The van der Waals surface area contributed by atoms with Gasteiger partial charge in [-0.25, -0.2) is 0 Å². The number of rotatable bonds is 5. The van der Waals surface area contributed by atoms with Crippen LogP contribution in [0.25, 0.3) is 0 Å². The molecule has 2 nitrogen and oxygen atoms in total. The Morgan fingerprint density at radius 3 is 2.90 bits per heavy atom. The van der Waals surface area contributed by atoms with E-state index in [4.69, 9.17) is 4.74 Å². The maximum Gasteiger partial charge on any atom is 0.140 e. The van der Waals surface area contributed by atoms with Crippen LogP contribution < -0.4 is 4.74 Å². The van der Waals surface area contributed by atoms with Crippen molar-refractivity contribution in [2.24, 2.45) is 11.8 Å². The highest BCUT2D eigenvalue weighted by atomic mass is 79.9. The van der Waals surface area contributed by atoms with E-state index in [1.807, 2.05) is 18.2 Å². The van der Waals surface area contributed by atoms with E-state index >= 15 is 0 Å². The standard InChI is InChI=1S/C17H23BrO2/c1-3-12-5-4-6-13(9-12)16(19)11-14-10-15(18)7-8-17(14)20-2/h7-8,10,12-13H,3-6,9,11H2,1-2H3. The van der Waals surface area contributed by atoms with Crippen molar-refractivity contribution in [1.29, 1.82) is 0 Å². The molecule has 0 heterocycles. The summed E-state index contributed by atoms with van der Waals surface area (Å²) in [7, 11) is 1.66. The van der Waals surface area contributed by atoms with Crippen LogP contribution in [0.15, 0.2) is 22.7 Å². The molecule has 110 valence electrons. The quantitative estimate of drug-likeness (QED) is 0.771. The van der Waals surface area contributed by atoms with Crippen molar-refractivity contribution in [3.63, 3.8) is 0 Å². The Bertz CT molecular complexity index is 470. The van der Waals surface area contributed by atoms with Gasteiger partial charge in [0.2, 0.25) is 0 Å². The van der Waals surface area contributed by atoms with Gasteiger partial charge < -0.3 is 4.74 Å². The maximum atomic E-state index is 12.5. The first-order chi connectivity index (χ1) is 9.63. The molecule has 0 aliphatic heterocycles. The lowest BCUT2D eigenvalue weighted by atomic mass is 9.77. The highest BCUT2D eigenvalue weighted by Gasteiger charge is 2.26. The van der Waals surface area contributed by atoms with Crippen LogP contribution in [0.4, 0.5) is 0 Å². The highest BCUT2D eigenvalue weighted by molar-refractivity contribution is 9.10. The summed E-state index contributed by atoms with van der Waals surface area (Å²) in [4.78, 5) is 12.5. The zero-order chi connectivity index (χ0) is 14.5. The number of ether oxygens (including phenoxy) is 1. The molecule has 0 radical (unpaired) electrons. The summed E-state index contributed by atoms with van der Waals surface area (Å²) in [6.45, 7) is 2.23. The molecule has 0 aromatic heterocycles. The van der Waals surface area contributed by atoms with E-state index < -0.39 is 0 Å². The number of hydrogen-bond donors (Lipinski definition) is 0. The first-order valence-electron chi connectivity index (χ1n) is 7.49. The van der Waals surface area contributed by atoms with Gasteiger partial charge in [-0.2, -0.15) is 0 Å². The fourth-order valence-corrected chi connectivity index (χ4v) is 3.58. The third kappa shape index (κ3) is 3.85. The third-order valence-corrected chi connectivity index (χ3v) is 4.92. The minimum absolute atomic E-state index is 0.248. The van der Waals surface area contributed by atoms with Gasteiger partial charge in [-0.15, -0.1) is 0 Å². The van der Waals surface area contributed by atoms with E-state index in [0.29, 0.717) is 12.2 Å². The van der Waals surface area contributed by atoms with Gasteiger partial charge in [0, 0.05) is 22.4 Å². The number of benzene rings is 1. The van der Waals surface area contributed by atoms with E-state index in [2.05, 4.69) is 22.9 Å². The maximum absolute atomic E-state index is 12.5. The topological polar surface area (TPSA) is 26.3 Å². The zero-order valence-corrected chi connectivity index (χ0v) is 13.9.